The second-order valence-electron chi connectivity index (χ2n) is 7.89. The zero-order chi connectivity index (χ0) is 27.2. The molecule has 0 unspecified atom stereocenters. The van der Waals surface area contributed by atoms with Gasteiger partial charge < -0.3 is 19.5 Å². The van der Waals surface area contributed by atoms with Gasteiger partial charge in [-0.25, -0.2) is 9.69 Å². The van der Waals surface area contributed by atoms with E-state index >= 15 is 0 Å². The van der Waals surface area contributed by atoms with Gasteiger partial charge in [-0.05, 0) is 76.1 Å². The number of benzene rings is 3. The van der Waals surface area contributed by atoms with E-state index in [1.807, 2.05) is 0 Å². The summed E-state index contributed by atoms with van der Waals surface area (Å²) in [6, 6.07) is 17.4. The molecule has 1 fully saturated rings. The molecule has 0 saturated carbocycles. The number of carbonyl (C=O) groups excluding carboxylic acids is 4. The van der Waals surface area contributed by atoms with Gasteiger partial charge in [-0.2, -0.15) is 0 Å². The Hall–Kier alpha value is -4.64. The monoisotopic (exact) mass is 579 g/mol. The lowest BCUT2D eigenvalue weighted by atomic mass is 10.1. The Kier molecular flexibility index (Phi) is 8.07. The molecule has 4 rings (SSSR count). The number of barbiturate groups is 1. The topological polar surface area (TPSA) is 123 Å². The van der Waals surface area contributed by atoms with Crippen LogP contribution in [0.15, 0.2) is 76.8 Å². The third kappa shape index (κ3) is 5.84. The number of carbonyl (C=O) groups is 4. The van der Waals surface area contributed by atoms with E-state index in [1.165, 1.54) is 19.3 Å². The Morgan fingerprint density at radius 3 is 2.37 bits per heavy atom. The fourth-order valence-electron chi connectivity index (χ4n) is 3.61. The molecule has 0 bridgehead atoms. The molecule has 38 heavy (non-hydrogen) atoms. The van der Waals surface area contributed by atoms with Crippen molar-refractivity contribution < 1.29 is 33.4 Å². The van der Waals surface area contributed by atoms with Crippen LogP contribution in [0.4, 0.5) is 16.2 Å². The number of methoxy groups -OCH3 is 2. The van der Waals surface area contributed by atoms with E-state index in [0.29, 0.717) is 27.2 Å². The Labute approximate surface area is 226 Å². The molecule has 0 atom stereocenters. The number of ether oxygens (including phenoxy) is 3. The number of nitrogens with one attached hydrogen (secondary N) is 2. The van der Waals surface area contributed by atoms with E-state index < -0.39 is 23.8 Å². The van der Waals surface area contributed by atoms with Crippen molar-refractivity contribution in [3.63, 3.8) is 0 Å². The highest BCUT2D eigenvalue weighted by Gasteiger charge is 2.36. The lowest BCUT2D eigenvalue weighted by Crippen LogP contribution is -2.54. The predicted octanol–water partition coefficient (Wildman–Crippen LogP) is 4.15. The number of nitrogens with zero attached hydrogens (tertiary/aromatic N) is 1. The van der Waals surface area contributed by atoms with E-state index in [1.54, 1.807) is 67.8 Å². The summed E-state index contributed by atoms with van der Waals surface area (Å²) in [5.41, 5.74) is 1.08. The summed E-state index contributed by atoms with van der Waals surface area (Å²) in [7, 11) is 2.97. The Bertz CT molecular complexity index is 1420. The van der Waals surface area contributed by atoms with E-state index in [-0.39, 0.29) is 23.7 Å². The Morgan fingerprint density at radius 1 is 1.00 bits per heavy atom. The van der Waals surface area contributed by atoms with Crippen LogP contribution in [0.1, 0.15) is 5.56 Å². The maximum atomic E-state index is 13.1. The lowest BCUT2D eigenvalue weighted by molar-refractivity contribution is -0.122. The van der Waals surface area contributed by atoms with Crippen molar-refractivity contribution in [3.05, 3.63) is 82.3 Å². The summed E-state index contributed by atoms with van der Waals surface area (Å²) in [6.07, 6.45) is 1.34. The molecule has 0 spiro atoms. The first-order valence-electron chi connectivity index (χ1n) is 11.2. The normalized spacial score (nSPS) is 14.2. The van der Waals surface area contributed by atoms with Gasteiger partial charge in [0.2, 0.25) is 0 Å². The van der Waals surface area contributed by atoms with Crippen LogP contribution in [0, 0.1) is 0 Å². The summed E-state index contributed by atoms with van der Waals surface area (Å²) < 4.78 is 16.6. The van der Waals surface area contributed by atoms with E-state index in [2.05, 4.69) is 26.6 Å². The standard InChI is InChI=1S/C27H22BrN3O7/c1-36-19-10-8-17(9-11-19)29-23(32)15-38-24-21(28)13-16(14-22(24)37-2)12-20-25(33)30-27(35)31(26(20)34)18-6-4-3-5-7-18/h3-14H,15H2,1-2H3,(H,29,32)(H,30,33,35)/b20-12-. The molecule has 11 heteroatoms. The minimum absolute atomic E-state index is 0.241. The fourth-order valence-corrected chi connectivity index (χ4v) is 4.18. The lowest BCUT2D eigenvalue weighted by Gasteiger charge is -2.26. The zero-order valence-electron chi connectivity index (χ0n) is 20.3. The van der Waals surface area contributed by atoms with E-state index in [4.69, 9.17) is 14.2 Å². The number of hydrogen-bond acceptors (Lipinski definition) is 7. The molecular weight excluding hydrogens is 558 g/mol. The molecule has 1 saturated heterocycles. The quantitative estimate of drug-likeness (QED) is 0.303. The van der Waals surface area contributed by atoms with Gasteiger partial charge in [0.05, 0.1) is 24.4 Å². The van der Waals surface area contributed by atoms with Crippen LogP contribution in [0.3, 0.4) is 0 Å². The maximum absolute atomic E-state index is 13.1. The summed E-state index contributed by atoms with van der Waals surface area (Å²) in [5, 5.41) is 4.90. The number of urea groups is 1. The van der Waals surface area contributed by atoms with Gasteiger partial charge in [-0.15, -0.1) is 0 Å². The van der Waals surface area contributed by atoms with Crippen LogP contribution in [0.2, 0.25) is 0 Å². The molecule has 3 aromatic rings. The largest absolute Gasteiger partial charge is 0.497 e. The number of imide groups is 2. The first-order chi connectivity index (χ1) is 18.3. The highest BCUT2D eigenvalue weighted by Crippen LogP contribution is 2.37. The molecule has 194 valence electrons. The molecule has 10 nitrogen and oxygen atoms in total. The zero-order valence-corrected chi connectivity index (χ0v) is 21.9. The highest BCUT2D eigenvalue weighted by atomic mass is 79.9. The molecule has 1 aliphatic heterocycles. The van der Waals surface area contributed by atoms with Crippen LogP contribution >= 0.6 is 15.9 Å². The van der Waals surface area contributed by atoms with Crippen molar-refractivity contribution in [3.8, 4) is 17.2 Å². The van der Waals surface area contributed by atoms with Crippen LogP contribution in [-0.4, -0.2) is 44.6 Å². The van der Waals surface area contributed by atoms with Gasteiger partial charge in [-0.3, -0.25) is 19.7 Å². The number of amides is 5. The van der Waals surface area contributed by atoms with Gasteiger partial charge in [0.15, 0.2) is 18.1 Å². The summed E-state index contributed by atoms with van der Waals surface area (Å²) in [5.74, 6) is -0.822. The van der Waals surface area contributed by atoms with Crippen LogP contribution in [0.25, 0.3) is 6.08 Å². The fraction of sp³-hybridized carbons (Fsp3) is 0.111. The molecule has 0 aromatic heterocycles. The number of para-hydroxylation sites is 1. The third-order valence-electron chi connectivity index (χ3n) is 5.40. The van der Waals surface area contributed by atoms with E-state index in [9.17, 15) is 19.2 Å². The van der Waals surface area contributed by atoms with Crippen molar-refractivity contribution in [2.24, 2.45) is 0 Å². The predicted molar refractivity (Wildman–Crippen MR) is 143 cm³/mol. The second kappa shape index (κ2) is 11.6. The van der Waals surface area contributed by atoms with Crippen molar-refractivity contribution in [2.75, 3.05) is 31.0 Å². The third-order valence-corrected chi connectivity index (χ3v) is 5.99. The maximum Gasteiger partial charge on any atom is 0.335 e. The molecule has 0 radical (unpaired) electrons. The summed E-state index contributed by atoms with van der Waals surface area (Å²) >= 11 is 3.39. The van der Waals surface area contributed by atoms with Crippen molar-refractivity contribution in [1.82, 2.24) is 5.32 Å². The Morgan fingerprint density at radius 2 is 1.71 bits per heavy atom. The molecule has 2 N–H and O–H groups in total. The smallest absolute Gasteiger partial charge is 0.335 e. The van der Waals surface area contributed by atoms with E-state index in [0.717, 1.165) is 4.90 Å². The van der Waals surface area contributed by atoms with Gasteiger partial charge in [0.1, 0.15) is 11.3 Å². The average Bonchev–Trinajstić information content (AvgIpc) is 2.91. The number of hydrogen-bond donors (Lipinski definition) is 2. The van der Waals surface area contributed by atoms with Gasteiger partial charge in [-0.1, -0.05) is 18.2 Å². The second-order valence-corrected chi connectivity index (χ2v) is 8.75. The summed E-state index contributed by atoms with van der Waals surface area (Å²) in [6.45, 7) is -0.309. The average molecular weight is 580 g/mol. The van der Waals surface area contributed by atoms with Crippen molar-refractivity contribution in [1.29, 1.82) is 0 Å². The van der Waals surface area contributed by atoms with Crippen LogP contribution < -0.4 is 29.7 Å². The minimum atomic E-state index is -0.834. The van der Waals surface area contributed by atoms with Crippen molar-refractivity contribution >= 4 is 57.1 Å². The number of halogens is 1. The first-order valence-corrected chi connectivity index (χ1v) is 12.0. The van der Waals surface area contributed by atoms with Gasteiger partial charge in [0, 0.05) is 5.69 Å². The van der Waals surface area contributed by atoms with Crippen LogP contribution in [0.5, 0.6) is 17.2 Å². The minimum Gasteiger partial charge on any atom is -0.497 e. The van der Waals surface area contributed by atoms with Gasteiger partial charge in [0.25, 0.3) is 17.7 Å². The summed E-state index contributed by atoms with van der Waals surface area (Å²) in [4.78, 5) is 51.2. The van der Waals surface area contributed by atoms with Crippen LogP contribution in [-0.2, 0) is 14.4 Å². The SMILES string of the molecule is COc1ccc(NC(=O)COc2c(Br)cc(/C=C3/C(=O)NC(=O)N(c4ccccc4)C3=O)cc2OC)cc1. The Balaban J connectivity index is 1.52. The molecular formula is C27H22BrN3O7. The van der Waals surface area contributed by atoms with Crippen molar-refractivity contribution in [2.45, 2.75) is 0 Å². The molecule has 3 aromatic carbocycles. The van der Waals surface area contributed by atoms with Gasteiger partial charge >= 0.3 is 6.03 Å². The number of anilines is 2. The number of rotatable bonds is 8. The molecule has 0 aliphatic carbocycles. The highest BCUT2D eigenvalue weighted by molar-refractivity contribution is 9.10. The first kappa shape index (κ1) is 26.4. The molecule has 1 aliphatic rings. The molecule has 1 heterocycles. The molecule has 5 amide bonds.